The molecule has 0 aromatic heterocycles. The Morgan fingerprint density at radius 3 is 2.61 bits per heavy atom. The fourth-order valence-corrected chi connectivity index (χ4v) is 4.41. The van der Waals surface area contributed by atoms with E-state index in [-0.39, 0.29) is 18.5 Å². The summed E-state index contributed by atoms with van der Waals surface area (Å²) in [6, 6.07) is 4.74. The first kappa shape index (κ1) is 24.7. The van der Waals surface area contributed by atoms with E-state index in [2.05, 4.69) is 10.2 Å². The van der Waals surface area contributed by atoms with E-state index in [1.165, 1.54) is 12.1 Å². The van der Waals surface area contributed by atoms with Gasteiger partial charge in [-0.2, -0.15) is 0 Å². The van der Waals surface area contributed by atoms with Crippen molar-refractivity contribution >= 4 is 17.9 Å². The number of amides is 3. The highest BCUT2D eigenvalue weighted by molar-refractivity contribution is 5.95. The molecule has 33 heavy (non-hydrogen) atoms. The molecule has 1 aromatic rings. The number of hydrogen-bond acceptors (Lipinski definition) is 5. The van der Waals surface area contributed by atoms with Crippen LogP contribution in [0.3, 0.4) is 0 Å². The lowest BCUT2D eigenvalue weighted by atomic mass is 9.94. The minimum atomic E-state index is -0.810. The number of urea groups is 1. The van der Waals surface area contributed by atoms with Crippen LogP contribution in [0.2, 0.25) is 0 Å². The molecule has 1 unspecified atom stereocenters. The molecular weight excluding hydrogens is 427 g/mol. The number of likely N-dealkylation sites (N-methyl/N-ethyl adjacent to an activating group) is 1. The van der Waals surface area contributed by atoms with Crippen LogP contribution in [0.5, 0.6) is 0 Å². The van der Waals surface area contributed by atoms with Crippen LogP contribution in [0.1, 0.15) is 45.2 Å². The Labute approximate surface area is 194 Å². The van der Waals surface area contributed by atoms with Gasteiger partial charge in [-0.25, -0.2) is 14.0 Å². The van der Waals surface area contributed by atoms with Crippen LogP contribution < -0.4 is 5.32 Å². The first-order chi connectivity index (χ1) is 15.9. The molecular formula is C24H33FN4O4. The molecule has 3 amide bonds. The number of halogens is 1. The molecule has 0 spiro atoms. The van der Waals surface area contributed by atoms with Crippen molar-refractivity contribution in [3.63, 3.8) is 0 Å². The summed E-state index contributed by atoms with van der Waals surface area (Å²) in [4.78, 5) is 43.8. The van der Waals surface area contributed by atoms with Crippen molar-refractivity contribution < 1.29 is 23.5 Å². The first-order valence-electron chi connectivity index (χ1n) is 11.6. The molecule has 3 rings (SSSR count). The van der Waals surface area contributed by atoms with Gasteiger partial charge in [0.25, 0.3) is 0 Å². The van der Waals surface area contributed by atoms with E-state index in [1.54, 1.807) is 24.0 Å². The van der Waals surface area contributed by atoms with Gasteiger partial charge in [0.15, 0.2) is 0 Å². The summed E-state index contributed by atoms with van der Waals surface area (Å²) in [5, 5.41) is 2.85. The highest BCUT2D eigenvalue weighted by Gasteiger charge is 2.38. The number of esters is 1. The van der Waals surface area contributed by atoms with Crippen molar-refractivity contribution in [1.29, 1.82) is 0 Å². The summed E-state index contributed by atoms with van der Waals surface area (Å²) in [6.45, 7) is 8.99. The molecule has 0 bridgehead atoms. The molecule has 8 nitrogen and oxygen atoms in total. The average Bonchev–Trinajstić information content (AvgIpc) is 3.04. The molecule has 2 aliphatic rings. The van der Waals surface area contributed by atoms with Crippen LogP contribution in [0.25, 0.3) is 0 Å². The number of hydrogen-bond donors (Lipinski definition) is 1. The fraction of sp³-hybridized carbons (Fsp3) is 0.542. The Bertz CT molecular complexity index is 919. The predicted molar refractivity (Wildman–Crippen MR) is 122 cm³/mol. The third-order valence-electron chi connectivity index (χ3n) is 6.05. The zero-order valence-corrected chi connectivity index (χ0v) is 19.6. The van der Waals surface area contributed by atoms with Gasteiger partial charge in [-0.1, -0.05) is 19.1 Å². The predicted octanol–water partition coefficient (Wildman–Crippen LogP) is 2.67. The topological polar surface area (TPSA) is 82.2 Å². The highest BCUT2D eigenvalue weighted by Crippen LogP contribution is 2.32. The van der Waals surface area contributed by atoms with Crippen molar-refractivity contribution in [1.82, 2.24) is 20.0 Å². The summed E-state index contributed by atoms with van der Waals surface area (Å²) < 4.78 is 19.3. The molecule has 1 fully saturated rings. The summed E-state index contributed by atoms with van der Waals surface area (Å²) >= 11 is 0. The zero-order chi connectivity index (χ0) is 24.0. The molecule has 1 saturated heterocycles. The van der Waals surface area contributed by atoms with E-state index in [4.69, 9.17) is 4.74 Å². The largest absolute Gasteiger partial charge is 0.463 e. The molecule has 1 aromatic carbocycles. The van der Waals surface area contributed by atoms with Gasteiger partial charge in [-0.3, -0.25) is 14.6 Å². The van der Waals surface area contributed by atoms with E-state index in [0.717, 1.165) is 13.0 Å². The minimum Gasteiger partial charge on any atom is -0.463 e. The number of benzene rings is 1. The molecule has 180 valence electrons. The lowest BCUT2D eigenvalue weighted by molar-refractivity contribution is -0.139. The maximum Gasteiger partial charge on any atom is 0.338 e. The molecule has 0 saturated carbocycles. The second-order valence-electron chi connectivity index (χ2n) is 8.13. The normalized spacial score (nSPS) is 19.9. The molecule has 1 atom stereocenters. The van der Waals surface area contributed by atoms with Crippen molar-refractivity contribution in [3.8, 4) is 0 Å². The van der Waals surface area contributed by atoms with Crippen LogP contribution in [-0.2, 0) is 14.3 Å². The smallest absolute Gasteiger partial charge is 0.338 e. The quantitative estimate of drug-likeness (QED) is 0.633. The van der Waals surface area contributed by atoms with Gasteiger partial charge >= 0.3 is 12.0 Å². The number of ether oxygens (including phenoxy) is 1. The Hall–Kier alpha value is -2.94. The number of rotatable bonds is 7. The van der Waals surface area contributed by atoms with E-state index in [9.17, 15) is 18.8 Å². The van der Waals surface area contributed by atoms with Gasteiger partial charge in [0.2, 0.25) is 5.91 Å². The SMILES string of the molecule is CCOC(=O)C1=C(CN2CCCN(C(=O)CC)CC2)N(CC)C(=O)NC1c1cccc(F)c1. The minimum absolute atomic E-state index is 0.127. The van der Waals surface area contributed by atoms with Gasteiger partial charge in [0.05, 0.1) is 18.2 Å². The van der Waals surface area contributed by atoms with E-state index in [1.807, 2.05) is 18.7 Å². The lowest BCUT2D eigenvalue weighted by Crippen LogP contribution is -2.51. The average molecular weight is 461 g/mol. The van der Waals surface area contributed by atoms with Gasteiger partial charge in [0, 0.05) is 51.4 Å². The molecule has 0 radical (unpaired) electrons. The van der Waals surface area contributed by atoms with E-state index >= 15 is 0 Å². The second-order valence-corrected chi connectivity index (χ2v) is 8.13. The Morgan fingerprint density at radius 1 is 1.15 bits per heavy atom. The third-order valence-corrected chi connectivity index (χ3v) is 6.05. The van der Waals surface area contributed by atoms with Crippen LogP contribution in [-0.4, -0.2) is 78.5 Å². The number of nitrogens with one attached hydrogen (secondary N) is 1. The second kappa shape index (κ2) is 11.3. The van der Waals surface area contributed by atoms with Crippen molar-refractivity contribution in [3.05, 3.63) is 46.9 Å². The lowest BCUT2D eigenvalue weighted by Gasteiger charge is -2.38. The van der Waals surface area contributed by atoms with Crippen LogP contribution in [0.4, 0.5) is 9.18 Å². The Kier molecular flexibility index (Phi) is 8.43. The maximum atomic E-state index is 14.0. The maximum absolute atomic E-state index is 14.0. The van der Waals surface area contributed by atoms with Crippen molar-refractivity contribution in [2.24, 2.45) is 0 Å². The molecule has 2 aliphatic heterocycles. The first-order valence-corrected chi connectivity index (χ1v) is 11.6. The summed E-state index contributed by atoms with van der Waals surface area (Å²) in [6.07, 6.45) is 1.27. The van der Waals surface area contributed by atoms with E-state index < -0.39 is 17.8 Å². The molecule has 1 N–H and O–H groups in total. The van der Waals surface area contributed by atoms with Crippen LogP contribution in [0, 0.1) is 5.82 Å². The number of nitrogens with zero attached hydrogens (tertiary/aromatic N) is 3. The Morgan fingerprint density at radius 2 is 1.94 bits per heavy atom. The standard InChI is InChI=1S/C24H33FN4O4/c1-4-20(30)28-12-8-11-27(13-14-28)16-19-21(23(31)33-6-3)22(26-24(32)29(19)5-2)17-9-7-10-18(25)15-17/h7,9-10,15,22H,4-6,8,11-14,16H2,1-3H3,(H,26,32). The summed E-state index contributed by atoms with van der Waals surface area (Å²) in [5.74, 6) is -0.850. The zero-order valence-electron chi connectivity index (χ0n) is 19.6. The third kappa shape index (κ3) is 5.71. The molecule has 9 heteroatoms. The van der Waals surface area contributed by atoms with Crippen LogP contribution in [0.15, 0.2) is 35.5 Å². The summed E-state index contributed by atoms with van der Waals surface area (Å²) in [7, 11) is 0. The fourth-order valence-electron chi connectivity index (χ4n) is 4.41. The van der Waals surface area contributed by atoms with Gasteiger partial charge in [-0.15, -0.1) is 0 Å². The van der Waals surface area contributed by atoms with E-state index in [0.29, 0.717) is 56.0 Å². The monoisotopic (exact) mass is 460 g/mol. The number of carbonyl (C=O) groups is 3. The molecule has 0 aliphatic carbocycles. The molecule has 2 heterocycles. The van der Waals surface area contributed by atoms with Crippen molar-refractivity contribution in [2.75, 3.05) is 45.9 Å². The van der Waals surface area contributed by atoms with Gasteiger partial charge in [0.1, 0.15) is 5.82 Å². The van der Waals surface area contributed by atoms with Gasteiger partial charge in [-0.05, 0) is 38.0 Å². The summed E-state index contributed by atoms with van der Waals surface area (Å²) in [5.41, 5.74) is 1.36. The Balaban J connectivity index is 1.99. The highest BCUT2D eigenvalue weighted by atomic mass is 19.1. The van der Waals surface area contributed by atoms with Crippen molar-refractivity contribution in [2.45, 2.75) is 39.7 Å². The van der Waals surface area contributed by atoms with Gasteiger partial charge < -0.3 is 15.0 Å². The van der Waals surface area contributed by atoms with Crippen LogP contribution >= 0.6 is 0 Å². The number of carbonyl (C=O) groups excluding carboxylic acids is 3.